The van der Waals surface area contributed by atoms with E-state index < -0.39 is 0 Å². The van der Waals surface area contributed by atoms with Crippen LogP contribution < -0.4 is 10.6 Å². The molecule has 1 atom stereocenters. The van der Waals surface area contributed by atoms with Crippen LogP contribution in [0.2, 0.25) is 0 Å². The van der Waals surface area contributed by atoms with Gasteiger partial charge in [-0.3, -0.25) is 9.59 Å². The highest BCUT2D eigenvalue weighted by molar-refractivity contribution is 7.99. The summed E-state index contributed by atoms with van der Waals surface area (Å²) in [6, 6.07) is 20.9. The Balaban J connectivity index is 1.49. The lowest BCUT2D eigenvalue weighted by atomic mass is 10.2. The molecule has 2 N–H and O–H groups in total. The molecule has 2 amide bonds. The highest BCUT2D eigenvalue weighted by Crippen LogP contribution is 2.20. The summed E-state index contributed by atoms with van der Waals surface area (Å²) in [6.45, 7) is 1.90. The van der Waals surface area contributed by atoms with Gasteiger partial charge in [-0.15, -0.1) is 23.1 Å². The van der Waals surface area contributed by atoms with Crippen molar-refractivity contribution in [2.75, 3.05) is 10.6 Å². The molecule has 138 valence electrons. The van der Waals surface area contributed by atoms with E-state index in [1.54, 1.807) is 42.1 Å². The molecule has 0 fully saturated rings. The zero-order valence-electron chi connectivity index (χ0n) is 14.8. The van der Waals surface area contributed by atoms with Crippen LogP contribution in [0.3, 0.4) is 0 Å². The Morgan fingerprint density at radius 2 is 1.59 bits per heavy atom. The van der Waals surface area contributed by atoms with Gasteiger partial charge in [0.25, 0.3) is 5.91 Å². The molecule has 4 nitrogen and oxygen atoms in total. The zero-order chi connectivity index (χ0) is 19.1. The largest absolute Gasteiger partial charge is 0.325 e. The van der Waals surface area contributed by atoms with Crippen LogP contribution in [0.1, 0.15) is 22.2 Å². The van der Waals surface area contributed by atoms with Gasteiger partial charge in [-0.2, -0.15) is 0 Å². The van der Waals surface area contributed by atoms with Gasteiger partial charge < -0.3 is 10.6 Å². The summed E-state index contributed by atoms with van der Waals surface area (Å²) in [4.78, 5) is 25.1. The van der Waals surface area contributed by atoms with E-state index in [9.17, 15) is 9.59 Å². The lowest BCUT2D eigenvalue weighted by molar-refractivity contribution is -0.115. The van der Waals surface area contributed by atoms with Crippen LogP contribution in [-0.2, 0) is 10.5 Å². The molecule has 27 heavy (non-hydrogen) atoms. The van der Waals surface area contributed by atoms with Crippen LogP contribution >= 0.6 is 23.1 Å². The molecule has 0 aliphatic carbocycles. The smallest absolute Gasteiger partial charge is 0.265 e. The van der Waals surface area contributed by atoms with Crippen molar-refractivity contribution in [3.05, 3.63) is 82.6 Å². The number of hydrogen-bond donors (Lipinski definition) is 2. The Bertz CT molecular complexity index is 878. The highest BCUT2D eigenvalue weighted by atomic mass is 32.2. The number of hydrogen-bond acceptors (Lipinski definition) is 4. The minimum absolute atomic E-state index is 0.0358. The van der Waals surface area contributed by atoms with Crippen LogP contribution in [0.15, 0.2) is 72.1 Å². The number of benzene rings is 2. The van der Waals surface area contributed by atoms with Gasteiger partial charge >= 0.3 is 0 Å². The molecule has 0 aliphatic rings. The van der Waals surface area contributed by atoms with Crippen molar-refractivity contribution in [3.63, 3.8) is 0 Å². The standard InChI is InChI=1S/C21H20N2O2S2/c1-15(27-14-16-6-3-2-4-7-16)20(24)22-17-9-11-18(12-10-17)23-21(25)19-8-5-13-26-19/h2-13,15H,14H2,1H3,(H,22,24)(H,23,25). The number of nitrogens with one attached hydrogen (secondary N) is 2. The molecule has 0 spiro atoms. The molecular formula is C21H20N2O2S2. The molecule has 1 heterocycles. The van der Waals surface area contributed by atoms with Crippen molar-refractivity contribution in [1.29, 1.82) is 0 Å². The number of carbonyl (C=O) groups is 2. The SMILES string of the molecule is CC(SCc1ccccc1)C(=O)Nc1ccc(NC(=O)c2cccs2)cc1. The molecule has 0 aliphatic heterocycles. The van der Waals surface area contributed by atoms with E-state index in [4.69, 9.17) is 0 Å². The fourth-order valence-electron chi connectivity index (χ4n) is 2.35. The second-order valence-corrected chi connectivity index (χ2v) is 8.21. The second kappa shape index (κ2) is 9.39. The average molecular weight is 397 g/mol. The number of thiophene rings is 1. The summed E-state index contributed by atoms with van der Waals surface area (Å²) in [6.07, 6.45) is 0. The minimum atomic E-state index is -0.164. The summed E-state index contributed by atoms with van der Waals surface area (Å²) in [7, 11) is 0. The number of thioether (sulfide) groups is 1. The minimum Gasteiger partial charge on any atom is -0.325 e. The Morgan fingerprint density at radius 1 is 0.926 bits per heavy atom. The Kier molecular flexibility index (Phi) is 6.68. The first-order chi connectivity index (χ1) is 13.1. The lowest BCUT2D eigenvalue weighted by Crippen LogP contribution is -2.22. The summed E-state index contributed by atoms with van der Waals surface area (Å²) >= 11 is 3.00. The van der Waals surface area contributed by atoms with Gasteiger partial charge in [-0.25, -0.2) is 0 Å². The molecule has 0 saturated heterocycles. The molecule has 0 radical (unpaired) electrons. The average Bonchev–Trinajstić information content (AvgIpc) is 3.23. The number of amides is 2. The topological polar surface area (TPSA) is 58.2 Å². The molecule has 2 aromatic carbocycles. The Labute approximate surface area is 167 Å². The molecule has 6 heteroatoms. The van der Waals surface area contributed by atoms with Gasteiger partial charge in [0.15, 0.2) is 0 Å². The Morgan fingerprint density at radius 3 is 2.22 bits per heavy atom. The van der Waals surface area contributed by atoms with Gasteiger partial charge in [-0.05, 0) is 48.2 Å². The van der Waals surface area contributed by atoms with E-state index in [1.165, 1.54) is 16.9 Å². The Hall–Kier alpha value is -2.57. The maximum Gasteiger partial charge on any atom is 0.265 e. The van der Waals surface area contributed by atoms with Crippen molar-refractivity contribution in [3.8, 4) is 0 Å². The number of rotatable bonds is 7. The van der Waals surface area contributed by atoms with Crippen molar-refractivity contribution in [2.45, 2.75) is 17.9 Å². The van der Waals surface area contributed by atoms with Gasteiger partial charge in [0.05, 0.1) is 10.1 Å². The third kappa shape index (κ3) is 5.70. The molecular weight excluding hydrogens is 376 g/mol. The van der Waals surface area contributed by atoms with Crippen LogP contribution in [0, 0.1) is 0 Å². The van der Waals surface area contributed by atoms with E-state index in [0.29, 0.717) is 16.3 Å². The van der Waals surface area contributed by atoms with Gasteiger partial charge in [0.1, 0.15) is 0 Å². The van der Waals surface area contributed by atoms with E-state index in [-0.39, 0.29) is 17.1 Å². The second-order valence-electron chi connectivity index (χ2n) is 5.94. The lowest BCUT2D eigenvalue weighted by Gasteiger charge is -2.12. The van der Waals surface area contributed by atoms with E-state index >= 15 is 0 Å². The van der Waals surface area contributed by atoms with E-state index in [0.717, 1.165) is 5.75 Å². The quantitative estimate of drug-likeness (QED) is 0.573. The summed E-state index contributed by atoms with van der Waals surface area (Å²) in [5.74, 6) is 0.627. The highest BCUT2D eigenvalue weighted by Gasteiger charge is 2.14. The predicted molar refractivity (Wildman–Crippen MR) is 115 cm³/mol. The third-order valence-corrected chi connectivity index (χ3v) is 5.95. The first kappa shape index (κ1) is 19.2. The first-order valence-corrected chi connectivity index (χ1v) is 10.5. The monoisotopic (exact) mass is 396 g/mol. The van der Waals surface area contributed by atoms with Crippen LogP contribution in [0.4, 0.5) is 11.4 Å². The maximum absolute atomic E-state index is 12.4. The van der Waals surface area contributed by atoms with Crippen LogP contribution in [0.25, 0.3) is 0 Å². The molecule has 3 rings (SSSR count). The van der Waals surface area contributed by atoms with Crippen LogP contribution in [-0.4, -0.2) is 17.1 Å². The summed E-state index contributed by atoms with van der Waals surface area (Å²) < 4.78 is 0. The number of carbonyl (C=O) groups excluding carboxylic acids is 2. The fraction of sp³-hybridized carbons (Fsp3) is 0.143. The van der Waals surface area contributed by atoms with E-state index in [1.807, 2.05) is 36.6 Å². The number of anilines is 2. The summed E-state index contributed by atoms with van der Waals surface area (Å²) in [5.41, 5.74) is 2.60. The molecule has 3 aromatic rings. The van der Waals surface area contributed by atoms with Crippen molar-refractivity contribution < 1.29 is 9.59 Å². The van der Waals surface area contributed by atoms with Crippen molar-refractivity contribution >= 4 is 46.3 Å². The zero-order valence-corrected chi connectivity index (χ0v) is 16.5. The molecule has 1 unspecified atom stereocenters. The normalized spacial score (nSPS) is 11.6. The molecule has 0 saturated carbocycles. The third-order valence-electron chi connectivity index (χ3n) is 3.87. The summed E-state index contributed by atoms with van der Waals surface area (Å²) in [5, 5.41) is 7.46. The van der Waals surface area contributed by atoms with E-state index in [2.05, 4.69) is 22.8 Å². The molecule has 0 bridgehead atoms. The fourth-order valence-corrected chi connectivity index (χ4v) is 3.82. The van der Waals surface area contributed by atoms with Gasteiger partial charge in [0, 0.05) is 17.1 Å². The van der Waals surface area contributed by atoms with Crippen molar-refractivity contribution in [1.82, 2.24) is 0 Å². The van der Waals surface area contributed by atoms with Crippen molar-refractivity contribution in [2.24, 2.45) is 0 Å². The first-order valence-electron chi connectivity index (χ1n) is 8.53. The maximum atomic E-state index is 12.4. The van der Waals surface area contributed by atoms with Crippen LogP contribution in [0.5, 0.6) is 0 Å². The van der Waals surface area contributed by atoms with Gasteiger partial charge in [0.2, 0.25) is 5.91 Å². The molecule has 1 aromatic heterocycles. The predicted octanol–water partition coefficient (Wildman–Crippen LogP) is 5.26. The van der Waals surface area contributed by atoms with Gasteiger partial charge in [-0.1, -0.05) is 36.4 Å².